The lowest BCUT2D eigenvalue weighted by Gasteiger charge is -2.13. The number of pyridine rings is 2. The Kier molecular flexibility index (Phi) is 3.15. The molecular formula is C13H14N2O. The van der Waals surface area contributed by atoms with E-state index in [1.54, 1.807) is 12.4 Å². The van der Waals surface area contributed by atoms with Gasteiger partial charge in [0.1, 0.15) is 6.10 Å². The molecule has 3 nitrogen and oxygen atoms in total. The predicted octanol–water partition coefficient (Wildman–Crippen LogP) is 2.93. The molecule has 0 aliphatic heterocycles. The van der Waals surface area contributed by atoms with Crippen molar-refractivity contribution in [2.24, 2.45) is 0 Å². The van der Waals surface area contributed by atoms with E-state index in [9.17, 15) is 0 Å². The first kappa shape index (κ1) is 10.6. The van der Waals surface area contributed by atoms with E-state index >= 15 is 0 Å². The topological polar surface area (TPSA) is 35.0 Å². The second kappa shape index (κ2) is 4.75. The van der Waals surface area contributed by atoms with Gasteiger partial charge in [-0.15, -0.1) is 0 Å². The zero-order valence-electron chi connectivity index (χ0n) is 9.42. The van der Waals surface area contributed by atoms with Gasteiger partial charge in [0.2, 0.25) is 5.88 Å². The van der Waals surface area contributed by atoms with E-state index in [2.05, 4.69) is 9.97 Å². The van der Waals surface area contributed by atoms with Gasteiger partial charge in [-0.05, 0) is 37.6 Å². The van der Waals surface area contributed by atoms with Crippen LogP contribution >= 0.6 is 0 Å². The van der Waals surface area contributed by atoms with Crippen LogP contribution < -0.4 is 4.74 Å². The van der Waals surface area contributed by atoms with Crippen molar-refractivity contribution < 1.29 is 4.74 Å². The summed E-state index contributed by atoms with van der Waals surface area (Å²) < 4.78 is 5.74. The molecule has 0 amide bonds. The molecule has 2 heterocycles. The SMILES string of the molecule is Cc1cccc(OC(C)c2ccncc2)n1. The van der Waals surface area contributed by atoms with Crippen LogP contribution in [0.3, 0.4) is 0 Å². The van der Waals surface area contributed by atoms with Gasteiger partial charge in [-0.3, -0.25) is 4.98 Å². The molecule has 0 saturated heterocycles. The fourth-order valence-corrected chi connectivity index (χ4v) is 1.47. The van der Waals surface area contributed by atoms with Gasteiger partial charge in [0, 0.05) is 24.2 Å². The zero-order chi connectivity index (χ0) is 11.4. The summed E-state index contributed by atoms with van der Waals surface area (Å²) in [7, 11) is 0. The highest BCUT2D eigenvalue weighted by Crippen LogP contribution is 2.19. The highest BCUT2D eigenvalue weighted by Gasteiger charge is 2.07. The van der Waals surface area contributed by atoms with Crippen LogP contribution in [0, 0.1) is 6.92 Å². The first-order valence-electron chi connectivity index (χ1n) is 5.26. The molecular weight excluding hydrogens is 200 g/mol. The summed E-state index contributed by atoms with van der Waals surface area (Å²) in [6.45, 7) is 3.95. The molecule has 0 spiro atoms. The fourth-order valence-electron chi connectivity index (χ4n) is 1.47. The van der Waals surface area contributed by atoms with Crippen LogP contribution in [-0.4, -0.2) is 9.97 Å². The summed E-state index contributed by atoms with van der Waals surface area (Å²) in [5, 5.41) is 0. The van der Waals surface area contributed by atoms with E-state index in [-0.39, 0.29) is 6.10 Å². The molecule has 0 aliphatic carbocycles. The number of hydrogen-bond donors (Lipinski definition) is 0. The van der Waals surface area contributed by atoms with Crippen molar-refractivity contribution >= 4 is 0 Å². The quantitative estimate of drug-likeness (QED) is 0.788. The lowest BCUT2D eigenvalue weighted by Crippen LogP contribution is -2.04. The Morgan fingerprint density at radius 1 is 1.12 bits per heavy atom. The van der Waals surface area contributed by atoms with Crippen LogP contribution in [0.5, 0.6) is 5.88 Å². The van der Waals surface area contributed by atoms with Crippen LogP contribution in [0.4, 0.5) is 0 Å². The minimum atomic E-state index is -0.0164. The highest BCUT2D eigenvalue weighted by atomic mass is 16.5. The van der Waals surface area contributed by atoms with Crippen molar-refractivity contribution in [2.45, 2.75) is 20.0 Å². The highest BCUT2D eigenvalue weighted by molar-refractivity contribution is 5.18. The van der Waals surface area contributed by atoms with Crippen molar-refractivity contribution in [3.8, 4) is 5.88 Å². The van der Waals surface area contributed by atoms with E-state index in [0.717, 1.165) is 11.3 Å². The lowest BCUT2D eigenvalue weighted by molar-refractivity contribution is 0.217. The van der Waals surface area contributed by atoms with Gasteiger partial charge in [0.05, 0.1) is 0 Å². The largest absolute Gasteiger partial charge is 0.470 e. The summed E-state index contributed by atoms with van der Waals surface area (Å²) in [5.41, 5.74) is 2.05. The maximum atomic E-state index is 5.74. The minimum absolute atomic E-state index is 0.0164. The van der Waals surface area contributed by atoms with Crippen molar-refractivity contribution in [1.29, 1.82) is 0 Å². The van der Waals surface area contributed by atoms with Gasteiger partial charge < -0.3 is 4.74 Å². The Morgan fingerprint density at radius 2 is 1.88 bits per heavy atom. The monoisotopic (exact) mass is 214 g/mol. The van der Waals surface area contributed by atoms with Crippen molar-refractivity contribution in [3.05, 3.63) is 54.0 Å². The minimum Gasteiger partial charge on any atom is -0.470 e. The lowest BCUT2D eigenvalue weighted by atomic mass is 10.2. The van der Waals surface area contributed by atoms with E-state index in [1.807, 2.05) is 44.2 Å². The molecule has 2 aromatic rings. The molecule has 1 unspecified atom stereocenters. The van der Waals surface area contributed by atoms with Crippen LogP contribution in [0.15, 0.2) is 42.7 Å². The van der Waals surface area contributed by atoms with E-state index < -0.39 is 0 Å². The van der Waals surface area contributed by atoms with Crippen LogP contribution in [-0.2, 0) is 0 Å². The van der Waals surface area contributed by atoms with E-state index in [1.165, 1.54) is 0 Å². The average molecular weight is 214 g/mol. The Balaban J connectivity index is 2.11. The number of hydrogen-bond acceptors (Lipinski definition) is 3. The normalized spacial score (nSPS) is 12.1. The molecule has 16 heavy (non-hydrogen) atoms. The third kappa shape index (κ3) is 2.57. The van der Waals surface area contributed by atoms with Gasteiger partial charge in [-0.1, -0.05) is 6.07 Å². The molecule has 0 fully saturated rings. The number of ether oxygens (including phenoxy) is 1. The number of rotatable bonds is 3. The summed E-state index contributed by atoms with van der Waals surface area (Å²) >= 11 is 0. The van der Waals surface area contributed by atoms with Gasteiger partial charge >= 0.3 is 0 Å². The summed E-state index contributed by atoms with van der Waals surface area (Å²) in [6.07, 6.45) is 3.51. The van der Waals surface area contributed by atoms with E-state index in [0.29, 0.717) is 5.88 Å². The maximum absolute atomic E-state index is 5.74. The average Bonchev–Trinajstić information content (AvgIpc) is 2.30. The maximum Gasteiger partial charge on any atom is 0.214 e. The third-order valence-corrected chi connectivity index (χ3v) is 2.34. The van der Waals surface area contributed by atoms with Crippen molar-refractivity contribution in [3.63, 3.8) is 0 Å². The predicted molar refractivity (Wildman–Crippen MR) is 62.3 cm³/mol. The molecule has 2 aromatic heterocycles. The van der Waals surface area contributed by atoms with Gasteiger partial charge in [0.15, 0.2) is 0 Å². The molecule has 0 aliphatic rings. The van der Waals surface area contributed by atoms with Crippen molar-refractivity contribution in [2.75, 3.05) is 0 Å². The molecule has 0 saturated carbocycles. The molecule has 0 bridgehead atoms. The molecule has 0 N–H and O–H groups in total. The fraction of sp³-hybridized carbons (Fsp3) is 0.231. The van der Waals surface area contributed by atoms with Crippen molar-refractivity contribution in [1.82, 2.24) is 9.97 Å². The first-order valence-corrected chi connectivity index (χ1v) is 5.26. The Bertz CT molecular complexity index is 456. The standard InChI is InChI=1S/C13H14N2O/c1-10-4-3-5-13(15-10)16-11(2)12-6-8-14-9-7-12/h3-9,11H,1-2H3. The van der Waals surface area contributed by atoms with Gasteiger partial charge in [0.25, 0.3) is 0 Å². The molecule has 3 heteroatoms. The summed E-state index contributed by atoms with van der Waals surface area (Å²) in [5.74, 6) is 0.657. The molecule has 1 atom stereocenters. The second-order valence-corrected chi connectivity index (χ2v) is 3.66. The summed E-state index contributed by atoms with van der Waals surface area (Å²) in [6, 6.07) is 9.65. The van der Waals surface area contributed by atoms with Crippen LogP contribution in [0.2, 0.25) is 0 Å². The molecule has 82 valence electrons. The summed E-state index contributed by atoms with van der Waals surface area (Å²) in [4.78, 5) is 8.28. The number of aromatic nitrogens is 2. The van der Waals surface area contributed by atoms with Crippen LogP contribution in [0.25, 0.3) is 0 Å². The Labute approximate surface area is 95.1 Å². The number of nitrogens with zero attached hydrogens (tertiary/aromatic N) is 2. The Hall–Kier alpha value is -1.90. The van der Waals surface area contributed by atoms with Gasteiger partial charge in [-0.25, -0.2) is 4.98 Å². The van der Waals surface area contributed by atoms with E-state index in [4.69, 9.17) is 4.74 Å². The Morgan fingerprint density at radius 3 is 2.56 bits per heavy atom. The molecule has 0 aromatic carbocycles. The smallest absolute Gasteiger partial charge is 0.214 e. The third-order valence-electron chi connectivity index (χ3n) is 2.34. The molecule has 0 radical (unpaired) electrons. The zero-order valence-corrected chi connectivity index (χ0v) is 9.42. The second-order valence-electron chi connectivity index (χ2n) is 3.66. The van der Waals surface area contributed by atoms with Crippen LogP contribution in [0.1, 0.15) is 24.3 Å². The molecule has 2 rings (SSSR count). The first-order chi connectivity index (χ1) is 7.75. The van der Waals surface area contributed by atoms with Gasteiger partial charge in [-0.2, -0.15) is 0 Å². The number of aryl methyl sites for hydroxylation is 1.